The molecular weight excluding hydrogens is 533 g/mol. The van der Waals surface area contributed by atoms with Crippen molar-refractivity contribution < 1.29 is 27.4 Å². The number of carbonyl (C=O) groups excluding carboxylic acids is 1. The van der Waals surface area contributed by atoms with E-state index in [-0.39, 0.29) is 22.6 Å². The lowest BCUT2D eigenvalue weighted by Crippen LogP contribution is -2.31. The molecule has 0 spiro atoms. The number of carbonyl (C=O) groups is 1. The second-order valence-electron chi connectivity index (χ2n) is 10.0. The molecular formula is C33H26F3O3S+. The van der Waals surface area contributed by atoms with E-state index in [9.17, 15) is 18.0 Å². The minimum atomic E-state index is -1.56. The number of allylic oxidation sites excluding steroid dienone is 1. The molecule has 0 bridgehead atoms. The Morgan fingerprint density at radius 1 is 0.875 bits per heavy atom. The molecule has 40 heavy (non-hydrogen) atoms. The van der Waals surface area contributed by atoms with Gasteiger partial charge in [-0.2, -0.15) is 0 Å². The van der Waals surface area contributed by atoms with Crippen molar-refractivity contribution in [3.63, 3.8) is 0 Å². The molecule has 4 aromatic carbocycles. The van der Waals surface area contributed by atoms with E-state index < -0.39 is 29.0 Å². The minimum Gasteiger partial charge on any atom is -0.481 e. The molecule has 0 radical (unpaired) electrons. The first kappa shape index (κ1) is 26.1. The molecule has 0 saturated heterocycles. The number of esters is 1. The molecule has 1 heterocycles. The normalized spacial score (nSPS) is 16.6. The van der Waals surface area contributed by atoms with Crippen LogP contribution in [0.5, 0.6) is 5.75 Å². The average Bonchev–Trinajstić information content (AvgIpc) is 3.54. The van der Waals surface area contributed by atoms with Gasteiger partial charge in [-0.15, -0.1) is 0 Å². The molecule has 1 aliphatic carbocycles. The van der Waals surface area contributed by atoms with Crippen molar-refractivity contribution in [1.82, 2.24) is 0 Å². The molecule has 0 saturated carbocycles. The molecule has 6 rings (SSSR count). The van der Waals surface area contributed by atoms with E-state index in [0.29, 0.717) is 18.6 Å². The van der Waals surface area contributed by atoms with Crippen molar-refractivity contribution in [1.29, 1.82) is 0 Å². The van der Waals surface area contributed by atoms with Gasteiger partial charge < -0.3 is 9.47 Å². The highest BCUT2D eigenvalue weighted by atomic mass is 32.2. The topological polar surface area (TPSA) is 35.5 Å². The van der Waals surface area contributed by atoms with Crippen LogP contribution in [0.25, 0.3) is 25.1 Å². The highest BCUT2D eigenvalue weighted by molar-refractivity contribution is 7.50. The third-order valence-corrected chi connectivity index (χ3v) is 9.64. The van der Waals surface area contributed by atoms with E-state index >= 15 is 0 Å². The fourth-order valence-corrected chi connectivity index (χ4v) is 8.12. The lowest BCUT2D eigenvalue weighted by atomic mass is 9.92. The van der Waals surface area contributed by atoms with Gasteiger partial charge in [0.1, 0.15) is 5.75 Å². The van der Waals surface area contributed by atoms with Gasteiger partial charge in [-0.3, -0.25) is 0 Å². The molecule has 1 aliphatic rings. The molecule has 1 aromatic heterocycles. The quantitative estimate of drug-likeness (QED) is 0.0902. The van der Waals surface area contributed by atoms with Crippen molar-refractivity contribution in [2.24, 2.45) is 0 Å². The summed E-state index contributed by atoms with van der Waals surface area (Å²) in [6.45, 7) is 3.50. The molecule has 1 atom stereocenters. The first-order valence-electron chi connectivity index (χ1n) is 13.0. The highest BCUT2D eigenvalue weighted by Crippen LogP contribution is 2.49. The van der Waals surface area contributed by atoms with E-state index in [1.165, 1.54) is 20.2 Å². The van der Waals surface area contributed by atoms with Crippen molar-refractivity contribution in [2.75, 3.05) is 6.61 Å². The summed E-state index contributed by atoms with van der Waals surface area (Å²) in [4.78, 5) is 14.1. The number of aryl methyl sites for hydroxylation is 2. The van der Waals surface area contributed by atoms with Gasteiger partial charge in [0.15, 0.2) is 44.0 Å². The van der Waals surface area contributed by atoms with Crippen LogP contribution in [-0.2, 0) is 15.1 Å². The number of halogens is 3. The number of fused-ring (bicyclic) bond motifs is 3. The Balaban J connectivity index is 1.26. The molecule has 0 amide bonds. The summed E-state index contributed by atoms with van der Waals surface area (Å²) >= 11 is 0. The van der Waals surface area contributed by atoms with Crippen LogP contribution in [0.4, 0.5) is 13.2 Å². The predicted octanol–water partition coefficient (Wildman–Crippen LogP) is 8.93. The van der Waals surface area contributed by atoms with Crippen LogP contribution in [0.15, 0.2) is 84.9 Å². The maximum absolute atomic E-state index is 14.0. The summed E-state index contributed by atoms with van der Waals surface area (Å²) in [6, 6.07) is 22.9. The average molecular weight is 560 g/mol. The molecule has 5 aromatic rings. The SMILES string of the molecule is Cc1cc(-[s+]2c3ccccc3c3ccccc32)cc(C)c1OCC(=O)OC1(c2cc(F)c(F)c(F)c2)C=CCC1. The Labute approximate surface area is 232 Å². The summed E-state index contributed by atoms with van der Waals surface area (Å²) in [5, 5.41) is 2.49. The van der Waals surface area contributed by atoms with Gasteiger partial charge in [0.25, 0.3) is 0 Å². The molecule has 3 nitrogen and oxygen atoms in total. The number of thiophene rings is 1. The largest absolute Gasteiger partial charge is 0.481 e. The Morgan fingerprint density at radius 3 is 2.00 bits per heavy atom. The predicted molar refractivity (Wildman–Crippen MR) is 153 cm³/mol. The minimum absolute atomic E-state index is 0.0424. The van der Waals surface area contributed by atoms with Gasteiger partial charge in [0, 0.05) is 38.9 Å². The van der Waals surface area contributed by atoms with E-state index in [2.05, 4.69) is 60.7 Å². The van der Waals surface area contributed by atoms with Crippen molar-refractivity contribution in [3.05, 3.63) is 119 Å². The second-order valence-corrected chi connectivity index (χ2v) is 12.0. The summed E-state index contributed by atoms with van der Waals surface area (Å²) < 4.78 is 55.7. The van der Waals surface area contributed by atoms with Gasteiger partial charge >= 0.3 is 5.97 Å². The smallest absolute Gasteiger partial charge is 0.345 e. The van der Waals surface area contributed by atoms with Gasteiger partial charge in [-0.1, -0.05) is 30.3 Å². The summed E-state index contributed by atoms with van der Waals surface area (Å²) in [7, 11) is -0.261. The van der Waals surface area contributed by atoms with Crippen LogP contribution in [0.1, 0.15) is 29.5 Å². The van der Waals surface area contributed by atoms with Crippen molar-refractivity contribution in [2.45, 2.75) is 32.3 Å². The van der Waals surface area contributed by atoms with Gasteiger partial charge in [-0.25, -0.2) is 18.0 Å². The number of hydrogen-bond acceptors (Lipinski definition) is 3. The Morgan fingerprint density at radius 2 is 1.45 bits per heavy atom. The van der Waals surface area contributed by atoms with Crippen LogP contribution in [0.3, 0.4) is 0 Å². The van der Waals surface area contributed by atoms with E-state index in [0.717, 1.165) is 28.2 Å². The third kappa shape index (κ3) is 4.44. The van der Waals surface area contributed by atoms with Crippen LogP contribution in [0, 0.1) is 31.3 Å². The van der Waals surface area contributed by atoms with Crippen LogP contribution < -0.4 is 4.74 Å². The van der Waals surface area contributed by atoms with Crippen molar-refractivity contribution in [3.8, 4) is 10.6 Å². The molecule has 0 aliphatic heterocycles. The number of ether oxygens (including phenoxy) is 2. The summed E-state index contributed by atoms with van der Waals surface area (Å²) in [5.41, 5.74) is 0.431. The lowest BCUT2D eigenvalue weighted by Gasteiger charge is -2.28. The third-order valence-electron chi connectivity index (χ3n) is 7.35. The summed E-state index contributed by atoms with van der Waals surface area (Å²) in [5.74, 6) is -4.33. The van der Waals surface area contributed by atoms with E-state index in [1.807, 2.05) is 13.8 Å². The summed E-state index contributed by atoms with van der Waals surface area (Å²) in [6.07, 6.45) is 4.19. The fourth-order valence-electron chi connectivity index (χ4n) is 5.57. The van der Waals surface area contributed by atoms with Crippen LogP contribution in [-0.4, -0.2) is 12.6 Å². The second kappa shape index (κ2) is 10.1. The van der Waals surface area contributed by atoms with Crippen LogP contribution in [0.2, 0.25) is 0 Å². The van der Waals surface area contributed by atoms with E-state index in [4.69, 9.17) is 9.47 Å². The number of benzene rings is 4. The Hall–Kier alpha value is -4.10. The van der Waals surface area contributed by atoms with E-state index in [1.54, 1.807) is 12.2 Å². The highest BCUT2D eigenvalue weighted by Gasteiger charge is 2.38. The first-order valence-corrected chi connectivity index (χ1v) is 14.2. The number of rotatable bonds is 6. The monoisotopic (exact) mass is 559 g/mol. The standard InChI is InChI=1S/C33H26F3O3S/c1-20-15-23(40-28-11-5-3-9-24(28)25-10-4-6-12-29(25)40)16-21(2)32(20)38-19-30(37)39-33(13-7-8-14-33)22-17-26(34)31(36)27(35)18-22/h3-7,9-13,15-18H,8,14,19H2,1-2H3/q+1. The molecule has 7 heteroatoms. The zero-order chi connectivity index (χ0) is 28.0. The Kier molecular flexibility index (Phi) is 6.62. The zero-order valence-electron chi connectivity index (χ0n) is 22.0. The molecule has 202 valence electrons. The fraction of sp³-hybridized carbons (Fsp3) is 0.182. The molecule has 1 unspecified atom stereocenters. The van der Waals surface area contributed by atoms with Gasteiger partial charge in [0.05, 0.1) is 0 Å². The Bertz CT molecular complexity index is 1720. The maximum Gasteiger partial charge on any atom is 0.345 e. The molecule has 0 fully saturated rings. The maximum atomic E-state index is 14.0. The van der Waals surface area contributed by atoms with Crippen molar-refractivity contribution >= 4 is 36.6 Å². The molecule has 0 N–H and O–H groups in total. The van der Waals surface area contributed by atoms with Gasteiger partial charge in [-0.05, 0) is 80.3 Å². The van der Waals surface area contributed by atoms with Gasteiger partial charge in [0.2, 0.25) is 0 Å². The number of hydrogen-bond donors (Lipinski definition) is 0. The first-order chi connectivity index (χ1) is 19.3. The van der Waals surface area contributed by atoms with Crippen LogP contribution >= 0.6 is 10.5 Å². The lowest BCUT2D eigenvalue weighted by molar-refractivity contribution is -0.158. The zero-order valence-corrected chi connectivity index (χ0v) is 22.8.